The summed E-state index contributed by atoms with van der Waals surface area (Å²) in [6.07, 6.45) is 4.27. The molecule has 6 aliphatic rings. The van der Waals surface area contributed by atoms with E-state index in [1.165, 1.54) is 13.8 Å². The molecule has 6 aliphatic heterocycles. The number of ketones is 2. The number of amidine groups is 3. The largest absolute Gasteiger partial charge is 0.508 e. The lowest BCUT2D eigenvalue weighted by molar-refractivity contribution is -0.162. The molecule has 38 heteroatoms. The fraction of sp³-hybridized carbons (Fsp3) is 0.323. The molecule has 131 heavy (non-hydrogen) atoms. The topological polar surface area (TPSA) is 449 Å². The van der Waals surface area contributed by atoms with Crippen molar-refractivity contribution in [1.82, 2.24) is 40.9 Å². The van der Waals surface area contributed by atoms with E-state index in [1.54, 1.807) is 46.8 Å². The molecular formula is C93H107Cl5N18O15. The van der Waals surface area contributed by atoms with Gasteiger partial charge < -0.3 is 95.5 Å². The first-order valence-corrected chi connectivity index (χ1v) is 41.5. The molecule has 6 aromatic carbocycles. The number of aromatic amines is 2. The van der Waals surface area contributed by atoms with E-state index in [-0.39, 0.29) is 147 Å². The zero-order valence-electron chi connectivity index (χ0n) is 73.7. The van der Waals surface area contributed by atoms with Crippen LogP contribution < -0.4 is 38.3 Å². The number of allylic oxidation sites excluding steroid dienone is 2. The maximum absolute atomic E-state index is 12.3. The number of carbonyl (C=O) groups is 6. The molecule has 9 heterocycles. The van der Waals surface area contributed by atoms with Crippen LogP contribution in [0.1, 0.15) is 103 Å². The fourth-order valence-corrected chi connectivity index (χ4v) is 12.6. The van der Waals surface area contributed by atoms with E-state index >= 15 is 0 Å². The van der Waals surface area contributed by atoms with Gasteiger partial charge in [0.2, 0.25) is 5.91 Å². The number of aromatic nitrogens is 5. The normalized spacial score (nSPS) is 16.4. The van der Waals surface area contributed by atoms with Gasteiger partial charge >= 0.3 is 36.5 Å². The van der Waals surface area contributed by atoms with E-state index in [0.29, 0.717) is 67.1 Å². The van der Waals surface area contributed by atoms with Gasteiger partial charge in [-0.2, -0.15) is 0 Å². The highest BCUT2D eigenvalue weighted by Gasteiger charge is 2.41. The maximum Gasteiger partial charge on any atom is 0.390 e. The van der Waals surface area contributed by atoms with Gasteiger partial charge in [-0.25, -0.2) is 64.0 Å². The van der Waals surface area contributed by atoms with Crippen LogP contribution in [0.3, 0.4) is 0 Å². The van der Waals surface area contributed by atoms with E-state index in [1.807, 2.05) is 197 Å². The minimum Gasteiger partial charge on any atom is -0.508 e. The average Bonchev–Trinajstić information content (AvgIpc) is 1.71. The Morgan fingerprint density at radius 1 is 0.634 bits per heavy atom. The van der Waals surface area contributed by atoms with Crippen molar-refractivity contribution >= 4 is 147 Å². The molecule has 15 rings (SSSR count). The molecular weight excluding hydrogens is 1790 g/mol. The summed E-state index contributed by atoms with van der Waals surface area (Å²) in [5.74, 6) is 0.470. The Morgan fingerprint density at radius 3 is 1.60 bits per heavy atom. The van der Waals surface area contributed by atoms with Gasteiger partial charge in [0.25, 0.3) is 5.56 Å². The number of phenolic OH excluding ortho intramolecular Hbond substituents is 1. The summed E-state index contributed by atoms with van der Waals surface area (Å²) in [6.45, 7) is 39.9. The summed E-state index contributed by atoms with van der Waals surface area (Å²) in [4.78, 5) is 119. The number of phenols is 1. The number of aryl methyl sites for hydroxylation is 1. The van der Waals surface area contributed by atoms with Gasteiger partial charge in [-0.3, -0.25) is 24.6 Å². The van der Waals surface area contributed by atoms with Crippen molar-refractivity contribution in [3.05, 3.63) is 278 Å². The summed E-state index contributed by atoms with van der Waals surface area (Å²) in [5, 5.41) is 30.6. The monoisotopic (exact) mass is 1890 g/mol. The maximum atomic E-state index is 12.3. The SMILES string of the molecule is CC(=O)CCl.CC1(Cc2c(N)nc(-c3ccccc3)[nH]c2=O)OCCO1.CC1=CC2C(=O)NC(c3ccccc3)=NC2N1.CC1=CC2C(Cl)=NC(c3ccccc3)=NC2N1.Cc1cc2c(Nc3ccc(O)cc3)nc(-c3ccccc3)nc2[nH]1.Cl.Cl.Cl.N=C(N)c1ccccc1.[C-]#[N+]C(CC(C)=O)C(=O)OCC.[C-]#[N+]C(CC1(C)OCCO1)C(=O)OCC.[C-]#[N+]CC(=O)OCC. The van der Waals surface area contributed by atoms with Crippen LogP contribution in [0.4, 0.5) is 17.3 Å². The lowest BCUT2D eigenvalue weighted by Gasteiger charge is -2.23. The number of anilines is 3. The van der Waals surface area contributed by atoms with E-state index in [9.17, 15) is 38.7 Å². The van der Waals surface area contributed by atoms with Gasteiger partial charge in [-0.1, -0.05) is 169 Å². The van der Waals surface area contributed by atoms with Crippen molar-refractivity contribution in [1.29, 1.82) is 5.41 Å². The highest BCUT2D eigenvalue weighted by Crippen LogP contribution is 2.32. The van der Waals surface area contributed by atoms with Gasteiger partial charge in [-0.05, 0) is 106 Å². The Balaban J connectivity index is 0.000000316. The first-order valence-electron chi connectivity index (χ1n) is 40.5. The second kappa shape index (κ2) is 56.3. The van der Waals surface area contributed by atoms with Crippen molar-refractivity contribution in [2.75, 3.05) is 69.7 Å². The number of aliphatic imine (C=N–C) groups is 3. The van der Waals surface area contributed by atoms with Crippen LogP contribution in [0.5, 0.6) is 5.75 Å². The number of nitrogens with one attached hydrogen (secondary N) is 7. The fourth-order valence-electron chi connectivity index (χ4n) is 12.3. The van der Waals surface area contributed by atoms with Gasteiger partial charge in [0, 0.05) is 57.0 Å². The Bertz CT molecular complexity index is 5580. The third-order valence-corrected chi connectivity index (χ3v) is 19.1. The van der Waals surface area contributed by atoms with Gasteiger partial charge in [0.05, 0.1) is 87.8 Å². The molecule has 6 unspecified atom stereocenters. The number of Topliss-reactive ketones (excluding diaryl/α,β-unsaturated/α-hetero) is 2. The zero-order valence-corrected chi connectivity index (χ0v) is 77.7. The summed E-state index contributed by atoms with van der Waals surface area (Å²) in [7, 11) is 0. The van der Waals surface area contributed by atoms with Crippen LogP contribution >= 0.6 is 60.4 Å². The minimum atomic E-state index is -0.956. The lowest BCUT2D eigenvalue weighted by Crippen LogP contribution is -2.47. The molecule has 6 atom stereocenters. The number of rotatable bonds is 20. The molecule has 2 fully saturated rings. The van der Waals surface area contributed by atoms with Crippen LogP contribution in [0.25, 0.3) is 48.3 Å². The number of esters is 3. The van der Waals surface area contributed by atoms with E-state index in [0.717, 1.165) is 67.4 Å². The van der Waals surface area contributed by atoms with Gasteiger partial charge in [0.1, 0.15) is 69.6 Å². The smallest absolute Gasteiger partial charge is 0.390 e. The number of nitrogens with two attached hydrogens (primary N) is 2. The standard InChI is InChI=1S/C19H16N4O.C15H17N3O3.C13H12ClN3.C13H13N3O.C10H15NO4.C8H11NO3.C7H8N2.C5H7NO2.C3H5ClO.3ClH/c1-12-11-16-18(20-12)22-17(13-5-3-2-4-6-13)23-19(16)21-14-7-9-15(24)10-8-14;1-15(20-7-8-21-15)9-11-12(16)17-13(18-14(11)19)10-5-3-2-4-6-10;1-8-7-10-11(14)16-12(17-13(10)15-8)9-5-3-2-4-6-9;1-8-7-10-12(14-8)15-11(16-13(10)17)9-5-3-2-4-6-9;1-4-13-9(12)8(11-3)7-10(2)14-5-6-15-10;1-4-12-8(11)7(9-3)5-6(2)10;8-7(9)6-4-2-1-3-5-6;1-3-8-5(7)4-6-2;1-3(5)2-4;;;/h2-11,24H,1H3,(H2,20,21,22,23);2-6H,7-9H2,1H3,(H3,16,17,18,19);2-7,10,13,15H,1H3;2-7,10,12,14H,1H3,(H,15,16,17);8H,4-7H2,1-2H3;7H,4-5H2,1-2H3;1-5H,(H3,8,9);3-4H2,1H3;2H2,1H3;3*1H. The van der Waals surface area contributed by atoms with Crippen LogP contribution in [0, 0.1) is 43.9 Å². The quantitative estimate of drug-likeness (QED) is 0.00644. The third-order valence-electron chi connectivity index (χ3n) is 18.4. The number of H-pyrrole nitrogens is 2. The average molecular weight is 1890 g/mol. The highest BCUT2D eigenvalue weighted by atomic mass is 35.5. The zero-order chi connectivity index (χ0) is 93.3. The number of nitrogens with zero attached hydrogens (tertiary/aromatic N) is 9. The molecule has 0 aliphatic carbocycles. The molecule has 0 bridgehead atoms. The van der Waals surface area contributed by atoms with Gasteiger partial charge in [0.15, 0.2) is 23.2 Å². The third kappa shape index (κ3) is 36.0. The van der Waals surface area contributed by atoms with Crippen molar-refractivity contribution in [3.8, 4) is 28.5 Å². The second-order valence-corrected chi connectivity index (χ2v) is 29.4. The number of amides is 1. The second-order valence-electron chi connectivity index (χ2n) is 28.8. The summed E-state index contributed by atoms with van der Waals surface area (Å²) < 4.78 is 35.5. The number of aromatic hydroxyl groups is 1. The van der Waals surface area contributed by atoms with Crippen LogP contribution in [0.15, 0.2) is 225 Å². The predicted molar refractivity (Wildman–Crippen MR) is 513 cm³/mol. The molecule has 0 radical (unpaired) electrons. The number of hydrogen-bond acceptors (Lipinski definition) is 26. The molecule has 0 saturated carbocycles. The Morgan fingerprint density at radius 2 is 1.11 bits per heavy atom. The van der Waals surface area contributed by atoms with Crippen LogP contribution in [0.2, 0.25) is 0 Å². The number of nitrogen functional groups attached to an aromatic ring is 2. The van der Waals surface area contributed by atoms with Crippen LogP contribution in [-0.2, 0) is 68.3 Å². The molecule has 694 valence electrons. The first-order chi connectivity index (χ1) is 61.3. The summed E-state index contributed by atoms with van der Waals surface area (Å²) in [5.41, 5.74) is 20.5. The van der Waals surface area contributed by atoms with Gasteiger partial charge in [-0.15, -0.1) is 48.8 Å². The molecule has 3 aromatic heterocycles. The molecule has 9 aromatic rings. The van der Waals surface area contributed by atoms with Crippen LogP contribution in [-0.4, -0.2) is 183 Å². The number of alkyl halides is 1. The minimum absolute atomic E-state index is 0. The van der Waals surface area contributed by atoms with E-state index in [2.05, 4.69) is 86.3 Å². The number of carbonyl (C=O) groups excluding carboxylic acids is 6. The molecule has 33 nitrogen and oxygen atoms in total. The lowest BCUT2D eigenvalue weighted by atomic mass is 10.0. The molecule has 12 N–H and O–H groups in total. The van der Waals surface area contributed by atoms with E-state index < -0.39 is 41.6 Å². The number of halogens is 5. The van der Waals surface area contributed by atoms with E-state index in [4.69, 9.17) is 88.5 Å². The summed E-state index contributed by atoms with van der Waals surface area (Å²) in [6, 6.07) is 55.2. The molecule has 1 amide bonds. The van der Waals surface area contributed by atoms with Crippen molar-refractivity contribution < 1.29 is 67.0 Å². The number of fused-ring (bicyclic) bond motifs is 3. The molecule has 2 saturated heterocycles. The summed E-state index contributed by atoms with van der Waals surface area (Å²) >= 11 is 11.2. The van der Waals surface area contributed by atoms with Crippen molar-refractivity contribution in [2.45, 2.75) is 124 Å². The highest BCUT2D eigenvalue weighted by molar-refractivity contribution is 6.67. The Hall–Kier alpha value is -13.2. The first kappa shape index (κ1) is 110. The number of benzene rings is 6. The number of ether oxygens (including phenoxy) is 7. The predicted octanol–water partition coefficient (Wildman–Crippen LogP) is 14.6. The van der Waals surface area contributed by atoms with Crippen molar-refractivity contribution in [2.24, 2.45) is 32.5 Å². The van der Waals surface area contributed by atoms with Crippen molar-refractivity contribution in [3.63, 3.8) is 0 Å². The Labute approximate surface area is 788 Å². The molecule has 0 spiro atoms. The number of hydrogen-bond donors (Lipinski definition) is 10. The Kier molecular flexibility index (Phi) is 47.3.